The van der Waals surface area contributed by atoms with Gasteiger partial charge in [0.2, 0.25) is 0 Å². The maximum absolute atomic E-state index is 13.6. The molecule has 1 aromatic carbocycles. The van der Waals surface area contributed by atoms with Crippen molar-refractivity contribution in [3.05, 3.63) is 34.9 Å². The Morgan fingerprint density at radius 3 is 2.54 bits per heavy atom. The van der Waals surface area contributed by atoms with E-state index in [4.69, 9.17) is 16.3 Å². The van der Waals surface area contributed by atoms with Crippen LogP contribution in [0.5, 0.6) is 0 Å². The number of piperidine rings is 1. The molecule has 2 aliphatic rings. The SMILES string of the molecule is COC(=O)NCCOC(c1cccc(Cl)c1)C1CCCN(C(=O)NC(CC2CCCCC2)C(O)CC(O)C(C)C)C1. The molecular weight excluding hydrogens is 546 g/mol. The van der Waals surface area contributed by atoms with Crippen molar-refractivity contribution in [1.29, 1.82) is 0 Å². The van der Waals surface area contributed by atoms with Crippen molar-refractivity contribution >= 4 is 23.7 Å². The lowest BCUT2D eigenvalue weighted by atomic mass is 9.82. The molecule has 1 aliphatic carbocycles. The fourth-order valence-corrected chi connectivity index (χ4v) is 6.27. The number of nitrogens with zero attached hydrogens (tertiary/aromatic N) is 1. The molecular formula is C31H50ClN3O6. The van der Waals surface area contributed by atoms with E-state index in [1.165, 1.54) is 26.4 Å². The number of rotatable bonds is 13. The molecule has 0 bridgehead atoms. The van der Waals surface area contributed by atoms with Crippen LogP contribution in [0, 0.1) is 17.8 Å². The fraction of sp³-hybridized carbons (Fsp3) is 0.742. The molecule has 10 heteroatoms. The zero-order valence-corrected chi connectivity index (χ0v) is 25.7. The Kier molecular flexibility index (Phi) is 14.0. The highest BCUT2D eigenvalue weighted by Crippen LogP contribution is 2.34. The molecule has 3 amide bonds. The van der Waals surface area contributed by atoms with Crippen LogP contribution in [0.2, 0.25) is 5.02 Å². The normalized spacial score (nSPS) is 21.1. The van der Waals surface area contributed by atoms with Crippen LogP contribution in [0.25, 0.3) is 0 Å². The molecule has 5 atom stereocenters. The smallest absolute Gasteiger partial charge is 0.406 e. The minimum absolute atomic E-state index is 0.0237. The molecule has 2 fully saturated rings. The predicted molar refractivity (Wildman–Crippen MR) is 160 cm³/mol. The maximum Gasteiger partial charge on any atom is 0.406 e. The number of carbonyl (C=O) groups is 2. The number of methoxy groups -OCH3 is 1. The second kappa shape index (κ2) is 17.1. The molecule has 4 N–H and O–H groups in total. The first-order valence-electron chi connectivity index (χ1n) is 15.3. The molecule has 0 spiro atoms. The number of urea groups is 1. The second-order valence-electron chi connectivity index (χ2n) is 12.0. The highest BCUT2D eigenvalue weighted by atomic mass is 35.5. The van der Waals surface area contributed by atoms with Gasteiger partial charge >= 0.3 is 12.1 Å². The quantitative estimate of drug-likeness (QED) is 0.230. The summed E-state index contributed by atoms with van der Waals surface area (Å²) in [5, 5.41) is 28.0. The van der Waals surface area contributed by atoms with Gasteiger partial charge in [0.1, 0.15) is 0 Å². The van der Waals surface area contributed by atoms with E-state index >= 15 is 0 Å². The number of benzene rings is 1. The number of ether oxygens (including phenoxy) is 2. The summed E-state index contributed by atoms with van der Waals surface area (Å²) in [6, 6.07) is 6.96. The van der Waals surface area contributed by atoms with E-state index in [1.807, 2.05) is 43.0 Å². The zero-order chi connectivity index (χ0) is 29.8. The lowest BCUT2D eigenvalue weighted by Gasteiger charge is -2.39. The first-order valence-corrected chi connectivity index (χ1v) is 15.7. The number of amides is 3. The third-order valence-electron chi connectivity index (χ3n) is 8.54. The van der Waals surface area contributed by atoms with Gasteiger partial charge in [-0.05, 0) is 48.8 Å². The Labute approximate surface area is 250 Å². The lowest BCUT2D eigenvalue weighted by Crippen LogP contribution is -2.53. The summed E-state index contributed by atoms with van der Waals surface area (Å²) in [4.78, 5) is 26.9. The molecule has 1 aliphatic heterocycles. The molecule has 0 radical (unpaired) electrons. The van der Waals surface area contributed by atoms with E-state index in [0.29, 0.717) is 30.6 Å². The molecule has 3 rings (SSSR count). The van der Waals surface area contributed by atoms with Crippen LogP contribution >= 0.6 is 11.6 Å². The van der Waals surface area contributed by atoms with Gasteiger partial charge < -0.3 is 35.2 Å². The predicted octanol–water partition coefficient (Wildman–Crippen LogP) is 5.28. The maximum atomic E-state index is 13.6. The number of hydrogen-bond donors (Lipinski definition) is 4. The van der Waals surface area contributed by atoms with Crippen molar-refractivity contribution < 1.29 is 29.3 Å². The molecule has 1 saturated heterocycles. The summed E-state index contributed by atoms with van der Waals surface area (Å²) >= 11 is 6.31. The van der Waals surface area contributed by atoms with E-state index in [0.717, 1.165) is 37.7 Å². The minimum atomic E-state index is -0.816. The van der Waals surface area contributed by atoms with Gasteiger partial charge in [0.15, 0.2) is 0 Å². The van der Waals surface area contributed by atoms with E-state index in [-0.39, 0.29) is 37.0 Å². The summed E-state index contributed by atoms with van der Waals surface area (Å²) in [5.41, 5.74) is 0.927. The monoisotopic (exact) mass is 595 g/mol. The topological polar surface area (TPSA) is 120 Å². The average molecular weight is 596 g/mol. The molecule has 1 heterocycles. The first kappa shape index (κ1) is 33.4. The van der Waals surface area contributed by atoms with E-state index < -0.39 is 24.3 Å². The van der Waals surface area contributed by atoms with Crippen LogP contribution < -0.4 is 10.6 Å². The average Bonchev–Trinajstić information content (AvgIpc) is 2.97. The van der Waals surface area contributed by atoms with Gasteiger partial charge in [0.05, 0.1) is 38.1 Å². The van der Waals surface area contributed by atoms with Gasteiger partial charge in [-0.25, -0.2) is 9.59 Å². The van der Waals surface area contributed by atoms with Crippen molar-refractivity contribution in [1.82, 2.24) is 15.5 Å². The number of hydrogen-bond acceptors (Lipinski definition) is 6. The van der Waals surface area contributed by atoms with Crippen molar-refractivity contribution in [2.24, 2.45) is 17.8 Å². The van der Waals surface area contributed by atoms with Gasteiger partial charge in [0.25, 0.3) is 0 Å². The van der Waals surface area contributed by atoms with Crippen molar-refractivity contribution in [3.8, 4) is 0 Å². The molecule has 5 unspecified atom stereocenters. The molecule has 1 aromatic rings. The van der Waals surface area contributed by atoms with Gasteiger partial charge in [-0.3, -0.25) is 0 Å². The Morgan fingerprint density at radius 1 is 1.10 bits per heavy atom. The lowest BCUT2D eigenvalue weighted by molar-refractivity contribution is -0.00962. The highest BCUT2D eigenvalue weighted by molar-refractivity contribution is 6.30. The third kappa shape index (κ3) is 10.9. The summed E-state index contributed by atoms with van der Waals surface area (Å²) in [5.74, 6) is 0.522. The molecule has 1 saturated carbocycles. The number of nitrogens with one attached hydrogen (secondary N) is 2. The van der Waals surface area contributed by atoms with Crippen LogP contribution in [0.15, 0.2) is 24.3 Å². The summed E-state index contributed by atoms with van der Waals surface area (Å²) in [7, 11) is 1.32. The third-order valence-corrected chi connectivity index (χ3v) is 8.78. The fourth-order valence-electron chi connectivity index (χ4n) is 6.07. The summed E-state index contributed by atoms with van der Waals surface area (Å²) in [6.45, 7) is 5.56. The van der Waals surface area contributed by atoms with Crippen molar-refractivity contribution in [3.63, 3.8) is 0 Å². The second-order valence-corrected chi connectivity index (χ2v) is 12.5. The van der Waals surface area contributed by atoms with E-state index in [1.54, 1.807) is 0 Å². The van der Waals surface area contributed by atoms with Gasteiger partial charge in [0, 0.05) is 37.0 Å². The van der Waals surface area contributed by atoms with Crippen LogP contribution in [-0.4, -0.2) is 78.8 Å². The minimum Gasteiger partial charge on any atom is -0.453 e. The Morgan fingerprint density at radius 2 is 1.85 bits per heavy atom. The van der Waals surface area contributed by atoms with Gasteiger partial charge in [-0.1, -0.05) is 69.7 Å². The van der Waals surface area contributed by atoms with E-state index in [9.17, 15) is 19.8 Å². The first-order chi connectivity index (χ1) is 19.7. The number of halogens is 1. The zero-order valence-electron chi connectivity index (χ0n) is 24.9. The number of carbonyl (C=O) groups excluding carboxylic acids is 2. The standard InChI is InChI=1S/C31H50ClN3O6/c1-21(2)27(36)19-28(37)26(17-22-9-5-4-6-10-22)34-30(38)35-15-8-12-24(20-35)29(23-11-7-13-25(32)18-23)41-16-14-33-31(39)40-3/h7,11,13,18,21-22,24,26-29,36-37H,4-6,8-10,12,14-17,19-20H2,1-3H3,(H,33,39)(H,34,38). The van der Waals surface area contributed by atoms with Crippen molar-refractivity contribution in [2.75, 3.05) is 33.4 Å². The molecule has 232 valence electrons. The Bertz CT molecular complexity index is 944. The van der Waals surface area contributed by atoms with Crippen LogP contribution in [-0.2, 0) is 9.47 Å². The molecule has 41 heavy (non-hydrogen) atoms. The number of likely N-dealkylation sites (tertiary alicyclic amines) is 1. The number of aliphatic hydroxyl groups is 2. The summed E-state index contributed by atoms with van der Waals surface area (Å²) in [6.07, 6.45) is 6.22. The number of aliphatic hydroxyl groups excluding tert-OH is 2. The van der Waals surface area contributed by atoms with Crippen LogP contribution in [0.4, 0.5) is 9.59 Å². The molecule has 9 nitrogen and oxygen atoms in total. The van der Waals surface area contributed by atoms with Crippen LogP contribution in [0.1, 0.15) is 83.3 Å². The van der Waals surface area contributed by atoms with Gasteiger partial charge in [-0.2, -0.15) is 0 Å². The highest BCUT2D eigenvalue weighted by Gasteiger charge is 2.34. The number of alkyl carbamates (subject to hydrolysis) is 1. The van der Waals surface area contributed by atoms with Crippen molar-refractivity contribution in [2.45, 2.75) is 96.0 Å². The van der Waals surface area contributed by atoms with Crippen LogP contribution in [0.3, 0.4) is 0 Å². The van der Waals surface area contributed by atoms with E-state index in [2.05, 4.69) is 15.4 Å². The summed E-state index contributed by atoms with van der Waals surface area (Å²) < 4.78 is 10.9. The molecule has 0 aromatic heterocycles. The Hall–Kier alpha value is -2.07. The Balaban J connectivity index is 1.68. The largest absolute Gasteiger partial charge is 0.453 e. The van der Waals surface area contributed by atoms with Gasteiger partial charge in [-0.15, -0.1) is 0 Å².